The van der Waals surface area contributed by atoms with Crippen LogP contribution < -0.4 is 4.74 Å². The van der Waals surface area contributed by atoms with Crippen LogP contribution in [0.3, 0.4) is 0 Å². The SMILES string of the molecule is COc1ccc(CCl)cc1S(=O)(=O)N(C)C(C)C(C)(C)C. The minimum Gasteiger partial charge on any atom is -0.495 e. The van der Waals surface area contributed by atoms with E-state index in [2.05, 4.69) is 0 Å². The smallest absolute Gasteiger partial charge is 0.246 e. The minimum absolute atomic E-state index is 0.154. The quantitative estimate of drug-likeness (QED) is 0.775. The Hall–Kier alpha value is -0.780. The van der Waals surface area contributed by atoms with Gasteiger partial charge in [-0.25, -0.2) is 8.42 Å². The number of halogens is 1. The van der Waals surface area contributed by atoms with Crippen molar-refractivity contribution in [3.05, 3.63) is 23.8 Å². The van der Waals surface area contributed by atoms with E-state index < -0.39 is 10.0 Å². The standard InChI is InChI=1S/C15H24ClNO3S/c1-11(15(2,3)4)17(5)21(18,19)14-9-12(10-16)7-8-13(14)20-6/h7-9,11H,10H2,1-6H3. The number of alkyl halides is 1. The van der Waals surface area contributed by atoms with Gasteiger partial charge in [-0.3, -0.25) is 0 Å². The summed E-state index contributed by atoms with van der Waals surface area (Å²) in [5.74, 6) is 0.585. The summed E-state index contributed by atoms with van der Waals surface area (Å²) in [4.78, 5) is 0.154. The fourth-order valence-corrected chi connectivity index (χ4v) is 3.83. The van der Waals surface area contributed by atoms with Crippen molar-refractivity contribution in [1.29, 1.82) is 0 Å². The number of sulfonamides is 1. The van der Waals surface area contributed by atoms with E-state index in [4.69, 9.17) is 16.3 Å². The molecular weight excluding hydrogens is 310 g/mol. The van der Waals surface area contributed by atoms with Crippen molar-refractivity contribution in [3.8, 4) is 5.75 Å². The molecule has 4 nitrogen and oxygen atoms in total. The number of hydrogen-bond acceptors (Lipinski definition) is 3. The molecule has 0 aliphatic rings. The molecule has 1 unspecified atom stereocenters. The van der Waals surface area contributed by atoms with Gasteiger partial charge in [0.05, 0.1) is 7.11 Å². The summed E-state index contributed by atoms with van der Waals surface area (Å²) in [5, 5.41) is 0. The number of methoxy groups -OCH3 is 1. The van der Waals surface area contributed by atoms with E-state index in [1.807, 2.05) is 27.7 Å². The van der Waals surface area contributed by atoms with Crippen molar-refractivity contribution in [2.75, 3.05) is 14.2 Å². The first kappa shape index (κ1) is 18.3. The third kappa shape index (κ3) is 3.90. The molecule has 1 aromatic carbocycles. The van der Waals surface area contributed by atoms with E-state index in [0.717, 1.165) is 5.56 Å². The van der Waals surface area contributed by atoms with Crippen molar-refractivity contribution in [3.63, 3.8) is 0 Å². The van der Waals surface area contributed by atoms with Gasteiger partial charge in [0.15, 0.2) is 0 Å². The van der Waals surface area contributed by atoms with Crippen LogP contribution in [0.1, 0.15) is 33.3 Å². The first-order valence-electron chi connectivity index (χ1n) is 6.76. The van der Waals surface area contributed by atoms with Crippen LogP contribution in [0.2, 0.25) is 0 Å². The minimum atomic E-state index is -3.65. The Morgan fingerprint density at radius 1 is 1.33 bits per heavy atom. The molecule has 21 heavy (non-hydrogen) atoms. The molecule has 0 aliphatic carbocycles. The molecule has 0 amide bonds. The van der Waals surface area contributed by atoms with Crippen LogP contribution in [0.4, 0.5) is 0 Å². The molecule has 120 valence electrons. The molecule has 1 aromatic rings. The summed E-state index contributed by atoms with van der Waals surface area (Å²) in [6, 6.07) is 4.82. The normalized spacial score (nSPS) is 14.3. The van der Waals surface area contributed by atoms with Crippen LogP contribution in [-0.2, 0) is 15.9 Å². The van der Waals surface area contributed by atoms with Crippen molar-refractivity contribution in [2.24, 2.45) is 5.41 Å². The molecule has 0 radical (unpaired) electrons. The molecule has 1 atom stereocenters. The summed E-state index contributed by atoms with van der Waals surface area (Å²) in [6.45, 7) is 7.93. The Kier molecular flexibility index (Phi) is 5.69. The molecule has 0 spiro atoms. The first-order chi connectivity index (χ1) is 9.55. The van der Waals surface area contributed by atoms with E-state index in [-0.39, 0.29) is 22.2 Å². The van der Waals surface area contributed by atoms with Crippen LogP contribution in [0, 0.1) is 5.41 Å². The Morgan fingerprint density at radius 2 is 1.90 bits per heavy atom. The summed E-state index contributed by atoms with van der Waals surface area (Å²) in [7, 11) is -0.591. The van der Waals surface area contributed by atoms with Gasteiger partial charge < -0.3 is 4.74 Å². The Morgan fingerprint density at radius 3 is 2.33 bits per heavy atom. The van der Waals surface area contributed by atoms with Crippen LogP contribution in [0.25, 0.3) is 0 Å². The molecule has 0 bridgehead atoms. The molecule has 1 rings (SSSR count). The Bertz CT molecular complexity index is 593. The number of ether oxygens (including phenoxy) is 1. The van der Waals surface area contributed by atoms with E-state index >= 15 is 0 Å². The fraction of sp³-hybridized carbons (Fsp3) is 0.600. The lowest BCUT2D eigenvalue weighted by Gasteiger charge is -2.34. The van der Waals surface area contributed by atoms with Gasteiger partial charge in [-0.1, -0.05) is 26.8 Å². The molecule has 0 aromatic heterocycles. The highest BCUT2D eigenvalue weighted by Gasteiger charge is 2.34. The van der Waals surface area contributed by atoms with Gasteiger partial charge >= 0.3 is 0 Å². The molecule has 0 N–H and O–H groups in total. The van der Waals surface area contributed by atoms with Gasteiger partial charge in [0, 0.05) is 19.0 Å². The van der Waals surface area contributed by atoms with Gasteiger partial charge in [0.1, 0.15) is 10.6 Å². The maximum Gasteiger partial charge on any atom is 0.246 e. The molecule has 0 fully saturated rings. The van der Waals surface area contributed by atoms with E-state index in [1.165, 1.54) is 11.4 Å². The van der Waals surface area contributed by atoms with Crippen molar-refractivity contribution in [1.82, 2.24) is 4.31 Å². The second kappa shape index (κ2) is 6.55. The van der Waals surface area contributed by atoms with Gasteiger partial charge in [-0.2, -0.15) is 4.31 Å². The fourth-order valence-electron chi connectivity index (χ4n) is 1.91. The summed E-state index contributed by atoms with van der Waals surface area (Å²) in [5.41, 5.74) is 0.576. The summed E-state index contributed by atoms with van der Waals surface area (Å²) >= 11 is 5.81. The lowest BCUT2D eigenvalue weighted by molar-refractivity contribution is 0.216. The molecule has 0 heterocycles. The van der Waals surface area contributed by atoms with Crippen molar-refractivity contribution in [2.45, 2.75) is 44.5 Å². The molecule has 6 heteroatoms. The lowest BCUT2D eigenvalue weighted by atomic mass is 9.88. The zero-order valence-electron chi connectivity index (χ0n) is 13.5. The second-order valence-electron chi connectivity index (χ2n) is 6.18. The average molecular weight is 334 g/mol. The van der Waals surface area contributed by atoms with Crippen LogP contribution in [-0.4, -0.2) is 32.9 Å². The zero-order valence-corrected chi connectivity index (χ0v) is 15.0. The van der Waals surface area contributed by atoms with Gasteiger partial charge in [0.2, 0.25) is 10.0 Å². The summed E-state index contributed by atoms with van der Waals surface area (Å²) < 4.78 is 32.3. The highest BCUT2D eigenvalue weighted by atomic mass is 35.5. The highest BCUT2D eigenvalue weighted by Crippen LogP contribution is 2.32. The first-order valence-corrected chi connectivity index (χ1v) is 8.74. The summed E-state index contributed by atoms with van der Waals surface area (Å²) in [6.07, 6.45) is 0. The van der Waals surface area contributed by atoms with Gasteiger partial charge in [-0.05, 0) is 30.0 Å². The number of benzene rings is 1. The van der Waals surface area contributed by atoms with Crippen LogP contribution in [0.5, 0.6) is 5.75 Å². The van der Waals surface area contributed by atoms with Gasteiger partial charge in [-0.15, -0.1) is 11.6 Å². The molecule has 0 saturated heterocycles. The van der Waals surface area contributed by atoms with Crippen LogP contribution in [0.15, 0.2) is 23.1 Å². The predicted octanol–water partition coefficient (Wildman–Crippen LogP) is 3.49. The third-order valence-corrected chi connectivity index (χ3v) is 6.10. The largest absolute Gasteiger partial charge is 0.495 e. The maximum absolute atomic E-state index is 12.9. The number of rotatable bonds is 5. The van der Waals surface area contributed by atoms with Crippen molar-refractivity contribution < 1.29 is 13.2 Å². The molecular formula is C15H24ClNO3S. The molecule has 0 saturated carbocycles. The topological polar surface area (TPSA) is 46.6 Å². The number of hydrogen-bond donors (Lipinski definition) is 0. The van der Waals surface area contributed by atoms with Gasteiger partial charge in [0.25, 0.3) is 0 Å². The Labute approximate surface area is 133 Å². The Balaban J connectivity index is 3.36. The molecule has 0 aliphatic heterocycles. The predicted molar refractivity (Wildman–Crippen MR) is 86.4 cm³/mol. The number of nitrogens with zero attached hydrogens (tertiary/aromatic N) is 1. The maximum atomic E-state index is 12.9. The van der Waals surface area contributed by atoms with E-state index in [1.54, 1.807) is 25.2 Å². The van der Waals surface area contributed by atoms with E-state index in [0.29, 0.717) is 5.75 Å². The monoisotopic (exact) mass is 333 g/mol. The van der Waals surface area contributed by atoms with Crippen molar-refractivity contribution >= 4 is 21.6 Å². The second-order valence-corrected chi connectivity index (χ2v) is 8.42. The highest BCUT2D eigenvalue weighted by molar-refractivity contribution is 7.89. The van der Waals surface area contributed by atoms with Crippen LogP contribution >= 0.6 is 11.6 Å². The average Bonchev–Trinajstić information content (AvgIpc) is 2.43. The van der Waals surface area contributed by atoms with E-state index in [9.17, 15) is 8.42 Å². The zero-order chi connectivity index (χ0) is 16.4. The lowest BCUT2D eigenvalue weighted by Crippen LogP contribution is -2.43. The third-order valence-electron chi connectivity index (χ3n) is 3.84.